The molecule has 0 unspecified atom stereocenters. The number of halogens is 1. The summed E-state index contributed by atoms with van der Waals surface area (Å²) in [6.45, 7) is 1.89. The molecule has 14 heavy (non-hydrogen) atoms. The number of para-hydroxylation sites is 1. The van der Waals surface area contributed by atoms with Gasteiger partial charge in [-0.25, -0.2) is 4.39 Å². The Balaban J connectivity index is 2.72. The molecule has 0 aliphatic rings. The van der Waals surface area contributed by atoms with Crippen LogP contribution in [-0.4, -0.2) is 11.3 Å². The van der Waals surface area contributed by atoms with E-state index < -0.39 is 0 Å². The number of nitrogens with one attached hydrogen (secondary N) is 1. The van der Waals surface area contributed by atoms with Crippen LogP contribution >= 0.6 is 0 Å². The molecule has 0 aliphatic heterocycles. The number of hydrogen-bond acceptors (Lipinski definition) is 1. The van der Waals surface area contributed by atoms with Crippen molar-refractivity contribution in [3.8, 4) is 0 Å². The number of benzene rings is 1. The van der Waals surface area contributed by atoms with Crippen molar-refractivity contribution >= 4 is 17.2 Å². The van der Waals surface area contributed by atoms with E-state index in [-0.39, 0.29) is 5.82 Å². The Hall–Kier alpha value is -1.64. The molecule has 0 bridgehead atoms. The maximum atomic E-state index is 13.3. The highest BCUT2D eigenvalue weighted by atomic mass is 19.1. The first-order valence-electron chi connectivity index (χ1n) is 4.43. The van der Waals surface area contributed by atoms with Crippen LogP contribution in [-0.2, 0) is 11.2 Å². The predicted molar refractivity (Wildman–Crippen MR) is 52.8 cm³/mol. The fourth-order valence-corrected chi connectivity index (χ4v) is 1.66. The van der Waals surface area contributed by atoms with E-state index in [4.69, 9.17) is 0 Å². The Kier molecular flexibility index (Phi) is 2.08. The molecule has 2 rings (SSSR count). The van der Waals surface area contributed by atoms with Gasteiger partial charge < -0.3 is 9.78 Å². The SMILES string of the molecule is Cc1c(CC=O)[nH]c2c(F)cccc12. The lowest BCUT2D eigenvalue weighted by atomic mass is 10.1. The molecule has 2 aromatic rings. The second-order valence-electron chi connectivity index (χ2n) is 3.26. The zero-order valence-electron chi connectivity index (χ0n) is 7.80. The molecule has 1 aromatic heterocycles. The van der Waals surface area contributed by atoms with E-state index in [1.54, 1.807) is 6.07 Å². The average molecular weight is 191 g/mol. The Morgan fingerprint density at radius 1 is 1.50 bits per heavy atom. The quantitative estimate of drug-likeness (QED) is 0.726. The van der Waals surface area contributed by atoms with Crippen LogP contribution < -0.4 is 0 Å². The van der Waals surface area contributed by atoms with Gasteiger partial charge in [-0.3, -0.25) is 0 Å². The van der Waals surface area contributed by atoms with Gasteiger partial charge in [-0.05, 0) is 18.6 Å². The molecular formula is C11H10FNO. The molecule has 0 aliphatic carbocycles. The van der Waals surface area contributed by atoms with Gasteiger partial charge in [0, 0.05) is 17.5 Å². The normalized spacial score (nSPS) is 10.7. The van der Waals surface area contributed by atoms with Crippen LogP contribution in [0.15, 0.2) is 18.2 Å². The van der Waals surface area contributed by atoms with Gasteiger partial charge in [0.15, 0.2) is 0 Å². The van der Waals surface area contributed by atoms with Crippen molar-refractivity contribution in [1.82, 2.24) is 4.98 Å². The Bertz CT molecular complexity index is 487. The lowest BCUT2D eigenvalue weighted by molar-refractivity contribution is -0.107. The third-order valence-electron chi connectivity index (χ3n) is 2.43. The number of H-pyrrole nitrogens is 1. The van der Waals surface area contributed by atoms with Gasteiger partial charge in [0.05, 0.1) is 5.52 Å². The molecule has 0 saturated carbocycles. The highest BCUT2D eigenvalue weighted by molar-refractivity contribution is 5.85. The van der Waals surface area contributed by atoms with Crippen molar-refractivity contribution in [2.45, 2.75) is 13.3 Å². The standard InChI is InChI=1S/C11H10FNO/c1-7-8-3-2-4-9(12)11(8)13-10(7)5-6-14/h2-4,6,13H,5H2,1H3. The number of carbonyl (C=O) groups excluding carboxylic acids is 1. The number of hydrogen-bond donors (Lipinski definition) is 1. The Labute approximate surface area is 80.7 Å². The van der Waals surface area contributed by atoms with Crippen LogP contribution in [0, 0.1) is 12.7 Å². The molecule has 3 heteroatoms. The number of aldehydes is 1. The van der Waals surface area contributed by atoms with Crippen molar-refractivity contribution in [3.63, 3.8) is 0 Å². The van der Waals surface area contributed by atoms with Gasteiger partial charge in [-0.1, -0.05) is 12.1 Å². The predicted octanol–water partition coefficient (Wildman–Crippen LogP) is 2.36. The van der Waals surface area contributed by atoms with Gasteiger partial charge in [-0.15, -0.1) is 0 Å². The van der Waals surface area contributed by atoms with E-state index in [9.17, 15) is 9.18 Å². The summed E-state index contributed by atoms with van der Waals surface area (Å²) in [5, 5.41) is 0.849. The van der Waals surface area contributed by atoms with Gasteiger partial charge in [0.2, 0.25) is 0 Å². The van der Waals surface area contributed by atoms with Crippen molar-refractivity contribution in [3.05, 3.63) is 35.3 Å². The summed E-state index contributed by atoms with van der Waals surface area (Å²) in [6.07, 6.45) is 1.12. The number of rotatable bonds is 2. The zero-order chi connectivity index (χ0) is 10.1. The van der Waals surface area contributed by atoms with Crippen molar-refractivity contribution in [2.75, 3.05) is 0 Å². The van der Waals surface area contributed by atoms with E-state index in [2.05, 4.69) is 4.98 Å². The molecule has 0 saturated heterocycles. The van der Waals surface area contributed by atoms with E-state index >= 15 is 0 Å². The van der Waals surface area contributed by atoms with Crippen LogP contribution in [0.4, 0.5) is 4.39 Å². The lowest BCUT2D eigenvalue weighted by Crippen LogP contribution is -1.87. The summed E-state index contributed by atoms with van der Waals surface area (Å²) in [5.74, 6) is -0.275. The lowest BCUT2D eigenvalue weighted by Gasteiger charge is -1.91. The molecule has 1 N–H and O–H groups in total. The maximum Gasteiger partial charge on any atom is 0.147 e. The fourth-order valence-electron chi connectivity index (χ4n) is 1.66. The first-order valence-corrected chi connectivity index (χ1v) is 4.43. The van der Waals surface area contributed by atoms with E-state index in [1.807, 2.05) is 13.0 Å². The topological polar surface area (TPSA) is 32.9 Å². The molecule has 0 amide bonds. The highest BCUT2D eigenvalue weighted by Crippen LogP contribution is 2.23. The number of aryl methyl sites for hydroxylation is 1. The molecule has 1 aromatic carbocycles. The minimum atomic E-state index is -0.275. The smallest absolute Gasteiger partial charge is 0.147 e. The first kappa shape index (κ1) is 8.94. The number of fused-ring (bicyclic) bond motifs is 1. The summed E-state index contributed by atoms with van der Waals surface area (Å²) in [5.41, 5.74) is 2.23. The molecule has 0 atom stereocenters. The van der Waals surface area contributed by atoms with Crippen LogP contribution in [0.25, 0.3) is 10.9 Å². The first-order chi connectivity index (χ1) is 6.74. The van der Waals surface area contributed by atoms with Crippen LogP contribution in [0.5, 0.6) is 0 Å². The Morgan fingerprint density at radius 3 is 2.93 bits per heavy atom. The number of aromatic nitrogens is 1. The maximum absolute atomic E-state index is 13.3. The number of aromatic amines is 1. The largest absolute Gasteiger partial charge is 0.355 e. The monoisotopic (exact) mass is 191 g/mol. The number of carbonyl (C=O) groups is 1. The molecule has 72 valence electrons. The van der Waals surface area contributed by atoms with E-state index in [0.29, 0.717) is 11.9 Å². The van der Waals surface area contributed by atoms with E-state index in [1.165, 1.54) is 6.07 Å². The third-order valence-corrected chi connectivity index (χ3v) is 2.43. The minimum Gasteiger partial charge on any atom is -0.355 e. The molecular weight excluding hydrogens is 181 g/mol. The highest BCUT2D eigenvalue weighted by Gasteiger charge is 2.09. The summed E-state index contributed by atoms with van der Waals surface area (Å²) < 4.78 is 13.3. The fraction of sp³-hybridized carbons (Fsp3) is 0.182. The van der Waals surface area contributed by atoms with Gasteiger partial charge in [0.25, 0.3) is 0 Å². The Morgan fingerprint density at radius 2 is 2.29 bits per heavy atom. The average Bonchev–Trinajstić information content (AvgIpc) is 2.48. The van der Waals surface area contributed by atoms with Crippen LogP contribution in [0.1, 0.15) is 11.3 Å². The van der Waals surface area contributed by atoms with Crippen LogP contribution in [0.2, 0.25) is 0 Å². The van der Waals surface area contributed by atoms with Crippen molar-refractivity contribution < 1.29 is 9.18 Å². The second kappa shape index (κ2) is 3.25. The van der Waals surface area contributed by atoms with Gasteiger partial charge in [-0.2, -0.15) is 0 Å². The second-order valence-corrected chi connectivity index (χ2v) is 3.26. The molecule has 0 fully saturated rings. The van der Waals surface area contributed by atoms with Crippen molar-refractivity contribution in [1.29, 1.82) is 0 Å². The molecule has 2 nitrogen and oxygen atoms in total. The van der Waals surface area contributed by atoms with Crippen molar-refractivity contribution in [2.24, 2.45) is 0 Å². The molecule has 0 radical (unpaired) electrons. The van der Waals surface area contributed by atoms with E-state index in [0.717, 1.165) is 22.9 Å². The summed E-state index contributed by atoms with van der Waals surface area (Å²) in [6, 6.07) is 4.92. The third kappa shape index (κ3) is 1.21. The summed E-state index contributed by atoms with van der Waals surface area (Å²) in [7, 11) is 0. The van der Waals surface area contributed by atoms with Crippen LogP contribution in [0.3, 0.4) is 0 Å². The summed E-state index contributed by atoms with van der Waals surface area (Å²) in [4.78, 5) is 13.3. The zero-order valence-corrected chi connectivity index (χ0v) is 7.80. The molecule has 0 spiro atoms. The molecule has 1 heterocycles. The van der Waals surface area contributed by atoms with Gasteiger partial charge in [0.1, 0.15) is 12.1 Å². The minimum absolute atomic E-state index is 0.275. The van der Waals surface area contributed by atoms with Gasteiger partial charge >= 0.3 is 0 Å². The summed E-state index contributed by atoms with van der Waals surface area (Å²) >= 11 is 0.